The summed E-state index contributed by atoms with van der Waals surface area (Å²) in [6.07, 6.45) is 16.5. The van der Waals surface area contributed by atoms with Gasteiger partial charge >= 0.3 is 11.9 Å². The van der Waals surface area contributed by atoms with E-state index < -0.39 is 30.4 Å². The van der Waals surface area contributed by atoms with Crippen LogP contribution in [0.4, 0.5) is 0 Å². The third kappa shape index (κ3) is 16.8. The van der Waals surface area contributed by atoms with Gasteiger partial charge in [0.1, 0.15) is 19.3 Å². The van der Waals surface area contributed by atoms with Crippen molar-refractivity contribution in [2.24, 2.45) is 11.8 Å². The molecule has 0 saturated heterocycles. The molecule has 0 bridgehead atoms. The Balaban J connectivity index is 2.21. The highest BCUT2D eigenvalue weighted by molar-refractivity contribution is 5.69. The summed E-state index contributed by atoms with van der Waals surface area (Å²) in [4.78, 5) is 23.6. The number of esters is 2. The van der Waals surface area contributed by atoms with Gasteiger partial charge in [-0.05, 0) is 38.0 Å². The van der Waals surface area contributed by atoms with Crippen LogP contribution in [0.3, 0.4) is 0 Å². The number of hydrogen-bond donors (Lipinski definition) is 4. The van der Waals surface area contributed by atoms with Crippen molar-refractivity contribution in [3.8, 4) is 0 Å². The van der Waals surface area contributed by atoms with Crippen molar-refractivity contribution in [1.82, 2.24) is 0 Å². The maximum Gasteiger partial charge on any atom is 0.305 e. The van der Waals surface area contributed by atoms with Gasteiger partial charge in [-0.15, -0.1) is 0 Å². The van der Waals surface area contributed by atoms with Crippen LogP contribution < -0.4 is 0 Å². The summed E-state index contributed by atoms with van der Waals surface area (Å²) in [5.41, 5.74) is 0. The summed E-state index contributed by atoms with van der Waals surface area (Å²) in [7, 11) is 0. The van der Waals surface area contributed by atoms with Gasteiger partial charge in [0.05, 0.1) is 18.3 Å². The first-order valence-electron chi connectivity index (χ1n) is 15.1. The third-order valence-corrected chi connectivity index (χ3v) is 7.26. The molecule has 1 saturated carbocycles. The molecule has 1 rings (SSSR count). The van der Waals surface area contributed by atoms with E-state index in [1.807, 2.05) is 18.2 Å². The Kier molecular flexibility index (Phi) is 19.9. The maximum atomic E-state index is 11.9. The zero-order valence-electron chi connectivity index (χ0n) is 24.2. The SMILES string of the molecule is CCCCCCCC(=O)OC[C@H](O)COC(=O)CCC/C=C/C[C@@H]1[C@@H](/C=C/[C@@H](O)CCCCC)[C@H](O)C[C@@H]1O. The summed E-state index contributed by atoms with van der Waals surface area (Å²) in [5, 5.41) is 40.8. The third-order valence-electron chi connectivity index (χ3n) is 7.26. The van der Waals surface area contributed by atoms with E-state index in [4.69, 9.17) is 9.47 Å². The molecule has 0 aromatic heterocycles. The van der Waals surface area contributed by atoms with Crippen molar-refractivity contribution in [1.29, 1.82) is 0 Å². The number of allylic oxidation sites excluding steroid dienone is 2. The second kappa shape index (κ2) is 22.0. The number of carbonyl (C=O) groups is 2. The minimum Gasteiger partial charge on any atom is -0.463 e. The van der Waals surface area contributed by atoms with Crippen molar-refractivity contribution in [3.05, 3.63) is 24.3 Å². The molecule has 4 N–H and O–H groups in total. The van der Waals surface area contributed by atoms with E-state index in [1.165, 1.54) is 0 Å². The molecule has 1 aliphatic rings. The van der Waals surface area contributed by atoms with Crippen LogP contribution in [-0.2, 0) is 19.1 Å². The Bertz CT molecular complexity index is 707. The predicted octanol–water partition coefficient (Wildman–Crippen LogP) is 4.77. The van der Waals surface area contributed by atoms with Gasteiger partial charge in [0, 0.05) is 25.2 Å². The molecule has 0 aliphatic heterocycles. The van der Waals surface area contributed by atoms with Crippen LogP contribution in [0.2, 0.25) is 0 Å². The highest BCUT2D eigenvalue weighted by Crippen LogP contribution is 2.36. The summed E-state index contributed by atoms with van der Waals surface area (Å²) < 4.78 is 10.1. The fourth-order valence-electron chi connectivity index (χ4n) is 4.84. The van der Waals surface area contributed by atoms with E-state index in [1.54, 1.807) is 6.08 Å². The quantitative estimate of drug-likeness (QED) is 0.0855. The van der Waals surface area contributed by atoms with Gasteiger partial charge in [0.25, 0.3) is 0 Å². The Labute approximate surface area is 235 Å². The van der Waals surface area contributed by atoms with E-state index in [-0.39, 0.29) is 37.4 Å². The molecule has 39 heavy (non-hydrogen) atoms. The first-order chi connectivity index (χ1) is 18.8. The highest BCUT2D eigenvalue weighted by Gasteiger charge is 2.39. The van der Waals surface area contributed by atoms with Gasteiger partial charge in [-0.25, -0.2) is 0 Å². The molecule has 0 radical (unpaired) electrons. The monoisotopic (exact) mass is 554 g/mol. The molecule has 1 aliphatic carbocycles. The Morgan fingerprint density at radius 2 is 1.44 bits per heavy atom. The van der Waals surface area contributed by atoms with Crippen molar-refractivity contribution < 1.29 is 39.5 Å². The first kappa shape index (κ1) is 35.3. The molecular formula is C31H54O8. The van der Waals surface area contributed by atoms with Gasteiger partial charge in [-0.2, -0.15) is 0 Å². The minimum absolute atomic E-state index is 0.114. The van der Waals surface area contributed by atoms with Crippen molar-refractivity contribution in [3.63, 3.8) is 0 Å². The van der Waals surface area contributed by atoms with Gasteiger partial charge in [0.15, 0.2) is 0 Å². The van der Waals surface area contributed by atoms with Crippen LogP contribution in [0.5, 0.6) is 0 Å². The zero-order valence-corrected chi connectivity index (χ0v) is 24.2. The van der Waals surface area contributed by atoms with E-state index >= 15 is 0 Å². The summed E-state index contributed by atoms with van der Waals surface area (Å²) in [6, 6.07) is 0. The van der Waals surface area contributed by atoms with E-state index in [2.05, 4.69) is 13.8 Å². The van der Waals surface area contributed by atoms with Gasteiger partial charge in [-0.1, -0.05) is 83.1 Å². The lowest BCUT2D eigenvalue weighted by molar-refractivity contribution is -0.152. The van der Waals surface area contributed by atoms with Crippen LogP contribution in [-0.4, -0.2) is 70.0 Å². The molecule has 0 unspecified atom stereocenters. The topological polar surface area (TPSA) is 134 Å². The van der Waals surface area contributed by atoms with Gasteiger partial charge < -0.3 is 29.9 Å². The molecule has 0 aromatic carbocycles. The molecular weight excluding hydrogens is 500 g/mol. The number of carbonyl (C=O) groups excluding carboxylic acids is 2. The number of rotatable bonds is 22. The second-order valence-electron chi connectivity index (χ2n) is 10.8. The van der Waals surface area contributed by atoms with Crippen molar-refractivity contribution in [2.45, 2.75) is 135 Å². The Morgan fingerprint density at radius 3 is 2.10 bits per heavy atom. The number of aliphatic hydroxyl groups is 4. The molecule has 6 atom stereocenters. The number of aliphatic hydroxyl groups excluding tert-OH is 4. The largest absolute Gasteiger partial charge is 0.463 e. The summed E-state index contributed by atoms with van der Waals surface area (Å²) in [6.45, 7) is 3.87. The second-order valence-corrected chi connectivity index (χ2v) is 10.8. The molecule has 0 spiro atoms. The fourth-order valence-corrected chi connectivity index (χ4v) is 4.84. The lowest BCUT2D eigenvalue weighted by atomic mass is 9.89. The number of unbranched alkanes of at least 4 members (excludes halogenated alkanes) is 7. The zero-order chi connectivity index (χ0) is 28.9. The Hall–Kier alpha value is -1.74. The van der Waals surface area contributed by atoms with Gasteiger partial charge in [0.2, 0.25) is 0 Å². The van der Waals surface area contributed by atoms with E-state index in [9.17, 15) is 30.0 Å². The van der Waals surface area contributed by atoms with Gasteiger partial charge in [-0.3, -0.25) is 9.59 Å². The molecule has 8 nitrogen and oxygen atoms in total. The predicted molar refractivity (Wildman–Crippen MR) is 152 cm³/mol. The summed E-state index contributed by atoms with van der Waals surface area (Å²) in [5.74, 6) is -1.07. The standard InChI is InChI=1S/C31H54O8/c1-3-5-7-8-13-17-30(36)38-22-25(33)23-39-31(37)18-14-10-9-12-16-26-27(29(35)21-28(26)34)20-19-24(32)15-11-6-4-2/h9,12,19-20,24-29,32-35H,3-8,10-11,13-18,21-23H2,1-2H3/b12-9+,20-19+/t24-,25-,26+,27+,28-,29+/m0/s1. The normalized spacial score (nSPS) is 22.9. The lowest BCUT2D eigenvalue weighted by Gasteiger charge is -2.19. The average molecular weight is 555 g/mol. The fraction of sp³-hybridized carbons (Fsp3) is 0.806. The molecule has 0 amide bonds. The van der Waals surface area contributed by atoms with Crippen molar-refractivity contribution >= 4 is 11.9 Å². The molecule has 1 fully saturated rings. The lowest BCUT2D eigenvalue weighted by Crippen LogP contribution is -2.25. The number of hydrogen-bond acceptors (Lipinski definition) is 8. The van der Waals surface area contributed by atoms with Crippen LogP contribution in [0.1, 0.15) is 110 Å². The van der Waals surface area contributed by atoms with Crippen LogP contribution in [0, 0.1) is 11.8 Å². The molecule has 8 heteroatoms. The highest BCUT2D eigenvalue weighted by atomic mass is 16.6. The maximum absolute atomic E-state index is 11.9. The van der Waals surface area contributed by atoms with Crippen molar-refractivity contribution in [2.75, 3.05) is 13.2 Å². The summed E-state index contributed by atoms with van der Waals surface area (Å²) >= 11 is 0. The molecule has 0 heterocycles. The van der Waals surface area contributed by atoms with Crippen LogP contribution in [0.15, 0.2) is 24.3 Å². The average Bonchev–Trinajstić information content (AvgIpc) is 3.18. The minimum atomic E-state index is -1.04. The molecule has 0 aromatic rings. The Morgan fingerprint density at radius 1 is 0.821 bits per heavy atom. The van der Waals surface area contributed by atoms with E-state index in [0.29, 0.717) is 38.5 Å². The first-order valence-corrected chi connectivity index (χ1v) is 15.1. The van der Waals surface area contributed by atoms with Crippen LogP contribution >= 0.6 is 0 Å². The smallest absolute Gasteiger partial charge is 0.305 e. The van der Waals surface area contributed by atoms with E-state index in [0.717, 1.165) is 51.4 Å². The number of ether oxygens (including phenoxy) is 2. The van der Waals surface area contributed by atoms with Crippen LogP contribution in [0.25, 0.3) is 0 Å². The molecule has 226 valence electrons.